The lowest BCUT2D eigenvalue weighted by molar-refractivity contribution is 0.0510. The van der Waals surface area contributed by atoms with Crippen molar-refractivity contribution in [3.05, 3.63) is 124 Å². The monoisotopic (exact) mass is 656 g/mol. The van der Waals surface area contributed by atoms with Crippen LogP contribution in [0.3, 0.4) is 0 Å². The third kappa shape index (κ3) is 6.75. The third-order valence-electron chi connectivity index (χ3n) is 9.21. The van der Waals surface area contributed by atoms with Crippen LogP contribution in [0, 0.1) is 5.92 Å². The van der Waals surface area contributed by atoms with Crippen LogP contribution in [0.4, 0.5) is 0 Å². The van der Waals surface area contributed by atoms with Crippen molar-refractivity contribution < 1.29 is 14.3 Å². The molecule has 7 rings (SSSR count). The van der Waals surface area contributed by atoms with Crippen molar-refractivity contribution in [3.63, 3.8) is 0 Å². The highest BCUT2D eigenvalue weighted by Crippen LogP contribution is 2.29. The molecule has 1 saturated heterocycles. The van der Waals surface area contributed by atoms with Crippen molar-refractivity contribution in [1.82, 2.24) is 39.7 Å². The fourth-order valence-corrected chi connectivity index (χ4v) is 6.77. The Morgan fingerprint density at radius 3 is 2.71 bits per heavy atom. The molecule has 2 unspecified atom stereocenters. The van der Waals surface area contributed by atoms with Crippen LogP contribution >= 0.6 is 0 Å². The van der Waals surface area contributed by atoms with E-state index in [0.717, 1.165) is 47.2 Å². The standard InChI is InChI=1S/C37H36N8O4/c1-49-32-13-6-5-11-26(32)21-44-23-41-28-18-25(14-15-31(28)44)37(48)45-16-8-7-12-30(45)27(17-24-9-3-2-4-10-24)19-39-35(46)33-36(47)43-34-29(42-33)20-38-22-40-34/h2-6,9-11,13-15,18,20,22-23,27,30H,7-8,12,16-17,19,21H2,1H3,(H,39,46)(H,38,40,43,47). The number of carbonyl (C=O) groups is 2. The molecule has 0 bridgehead atoms. The Hall–Kier alpha value is -5.91. The topological polar surface area (TPSA) is 148 Å². The first-order chi connectivity index (χ1) is 24.0. The molecule has 1 aliphatic rings. The number of aromatic amines is 1. The van der Waals surface area contributed by atoms with Crippen molar-refractivity contribution >= 4 is 34.0 Å². The lowest BCUT2D eigenvalue weighted by Crippen LogP contribution is -2.51. The molecule has 0 spiro atoms. The Kier molecular flexibility index (Phi) is 9.09. The fraction of sp³-hybridized carbons (Fsp3) is 0.270. The average Bonchev–Trinajstić information content (AvgIpc) is 3.55. The van der Waals surface area contributed by atoms with Crippen LogP contribution in [0.15, 0.2) is 96.4 Å². The molecule has 1 fully saturated rings. The number of imidazole rings is 1. The first-order valence-electron chi connectivity index (χ1n) is 16.4. The molecule has 0 saturated carbocycles. The zero-order valence-electron chi connectivity index (χ0n) is 27.1. The maximum atomic E-state index is 14.2. The van der Waals surface area contributed by atoms with E-state index in [-0.39, 0.29) is 35.8 Å². The van der Waals surface area contributed by atoms with E-state index in [4.69, 9.17) is 4.74 Å². The first-order valence-corrected chi connectivity index (χ1v) is 16.4. The minimum atomic E-state index is -0.626. The van der Waals surface area contributed by atoms with E-state index in [9.17, 15) is 14.4 Å². The van der Waals surface area contributed by atoms with Gasteiger partial charge >= 0.3 is 0 Å². The van der Waals surface area contributed by atoms with Crippen molar-refractivity contribution in [2.75, 3.05) is 20.2 Å². The quantitative estimate of drug-likeness (QED) is 0.221. The van der Waals surface area contributed by atoms with Gasteiger partial charge in [-0.3, -0.25) is 14.4 Å². The second kappa shape index (κ2) is 14.1. The first kappa shape index (κ1) is 31.7. The molecule has 3 aromatic carbocycles. The molecule has 0 radical (unpaired) electrons. The summed E-state index contributed by atoms with van der Waals surface area (Å²) in [6.07, 6.45) is 7.82. The van der Waals surface area contributed by atoms with Crippen molar-refractivity contribution in [3.8, 4) is 5.75 Å². The van der Waals surface area contributed by atoms with Gasteiger partial charge in [-0.1, -0.05) is 48.5 Å². The fourth-order valence-electron chi connectivity index (χ4n) is 6.77. The highest BCUT2D eigenvalue weighted by Gasteiger charge is 2.34. The van der Waals surface area contributed by atoms with Gasteiger partial charge in [0.1, 0.15) is 17.6 Å². The van der Waals surface area contributed by atoms with Gasteiger partial charge in [0.05, 0.1) is 37.2 Å². The smallest absolute Gasteiger partial charge is 0.281 e. The number of rotatable bonds is 10. The molecule has 1 aliphatic heterocycles. The number of ether oxygens (including phenoxy) is 1. The van der Waals surface area contributed by atoms with Crippen LogP contribution in [0.2, 0.25) is 0 Å². The van der Waals surface area contributed by atoms with Gasteiger partial charge in [-0.2, -0.15) is 0 Å². The minimum absolute atomic E-state index is 0.0668. The Bertz CT molecular complexity index is 2180. The van der Waals surface area contributed by atoms with E-state index in [2.05, 4.69) is 42.4 Å². The predicted octanol–water partition coefficient (Wildman–Crippen LogP) is 4.40. The van der Waals surface area contributed by atoms with E-state index >= 15 is 0 Å². The van der Waals surface area contributed by atoms with E-state index in [0.29, 0.717) is 30.6 Å². The van der Waals surface area contributed by atoms with Gasteiger partial charge in [-0.15, -0.1) is 0 Å². The van der Waals surface area contributed by atoms with Gasteiger partial charge in [-0.25, -0.2) is 19.9 Å². The van der Waals surface area contributed by atoms with Gasteiger partial charge in [0, 0.05) is 36.2 Å². The maximum Gasteiger partial charge on any atom is 0.281 e. The van der Waals surface area contributed by atoms with Gasteiger partial charge in [-0.05, 0) is 55.5 Å². The number of aromatic nitrogens is 6. The van der Waals surface area contributed by atoms with Crippen LogP contribution < -0.4 is 15.6 Å². The van der Waals surface area contributed by atoms with Crippen molar-refractivity contribution in [2.24, 2.45) is 5.92 Å². The predicted molar refractivity (Wildman–Crippen MR) is 184 cm³/mol. The van der Waals surface area contributed by atoms with Gasteiger partial charge < -0.3 is 24.5 Å². The Labute approximate surface area is 282 Å². The molecule has 12 nitrogen and oxygen atoms in total. The maximum absolute atomic E-state index is 14.2. The molecular weight excluding hydrogens is 620 g/mol. The van der Waals surface area contributed by atoms with Crippen LogP contribution in [-0.2, 0) is 13.0 Å². The number of benzene rings is 3. The largest absolute Gasteiger partial charge is 0.496 e. The van der Waals surface area contributed by atoms with E-state index in [1.165, 1.54) is 12.5 Å². The Morgan fingerprint density at radius 2 is 1.86 bits per heavy atom. The molecule has 6 aromatic rings. The summed E-state index contributed by atoms with van der Waals surface area (Å²) in [5.41, 5.74) is 4.06. The van der Waals surface area contributed by atoms with Crippen LogP contribution in [0.1, 0.15) is 51.2 Å². The molecule has 49 heavy (non-hydrogen) atoms. The molecule has 12 heteroatoms. The lowest BCUT2D eigenvalue weighted by Gasteiger charge is -2.41. The second-order valence-corrected chi connectivity index (χ2v) is 12.3. The van der Waals surface area contributed by atoms with Crippen molar-refractivity contribution in [2.45, 2.75) is 38.3 Å². The second-order valence-electron chi connectivity index (χ2n) is 12.3. The van der Waals surface area contributed by atoms with Crippen molar-refractivity contribution in [1.29, 1.82) is 0 Å². The molecule has 4 heterocycles. The van der Waals surface area contributed by atoms with Gasteiger partial charge in [0.2, 0.25) is 0 Å². The molecular formula is C37H36N8O4. The number of H-pyrrole nitrogens is 1. The third-order valence-corrected chi connectivity index (χ3v) is 9.21. The number of nitrogens with one attached hydrogen (secondary N) is 2. The van der Waals surface area contributed by atoms with E-state index in [1.54, 1.807) is 13.4 Å². The molecule has 0 aliphatic carbocycles. The molecule has 3 aromatic heterocycles. The lowest BCUT2D eigenvalue weighted by atomic mass is 9.85. The number of nitrogens with zero attached hydrogens (tertiary/aromatic N) is 6. The number of para-hydroxylation sites is 1. The Balaban J connectivity index is 1.13. The highest BCUT2D eigenvalue weighted by molar-refractivity contribution is 5.98. The summed E-state index contributed by atoms with van der Waals surface area (Å²) < 4.78 is 7.58. The molecule has 2 amide bonds. The van der Waals surface area contributed by atoms with Crippen LogP contribution in [0.5, 0.6) is 5.75 Å². The normalized spacial score (nSPS) is 15.3. The number of amides is 2. The zero-order valence-corrected chi connectivity index (χ0v) is 27.1. The van der Waals surface area contributed by atoms with E-state index < -0.39 is 11.5 Å². The molecule has 248 valence electrons. The summed E-state index contributed by atoms with van der Waals surface area (Å²) in [7, 11) is 1.66. The summed E-state index contributed by atoms with van der Waals surface area (Å²) in [6, 6.07) is 23.5. The summed E-state index contributed by atoms with van der Waals surface area (Å²) in [4.78, 5) is 61.7. The summed E-state index contributed by atoms with van der Waals surface area (Å²) >= 11 is 0. The van der Waals surface area contributed by atoms with E-state index in [1.807, 2.05) is 70.1 Å². The molecule has 2 atom stereocenters. The number of likely N-dealkylation sites (tertiary alicyclic amines) is 1. The SMILES string of the molecule is COc1ccccc1Cn1cnc2cc(C(=O)N3CCCCC3C(CNC(=O)c3nc4cncnc4[nH]c3=O)Cc3ccccc3)ccc21. The number of fused-ring (bicyclic) bond motifs is 2. The average molecular weight is 657 g/mol. The number of hydrogen-bond donors (Lipinski definition) is 2. The number of hydrogen-bond acceptors (Lipinski definition) is 8. The summed E-state index contributed by atoms with van der Waals surface area (Å²) in [5, 5.41) is 2.95. The van der Waals surface area contributed by atoms with Crippen LogP contribution in [0.25, 0.3) is 22.2 Å². The summed E-state index contributed by atoms with van der Waals surface area (Å²) in [5.74, 6) is 0.0292. The minimum Gasteiger partial charge on any atom is -0.496 e. The molecule has 2 N–H and O–H groups in total. The van der Waals surface area contributed by atoms with Gasteiger partial charge in [0.15, 0.2) is 11.3 Å². The Morgan fingerprint density at radius 1 is 1.02 bits per heavy atom. The number of methoxy groups -OCH3 is 1. The number of piperidine rings is 1. The zero-order chi connectivity index (χ0) is 33.7. The summed E-state index contributed by atoms with van der Waals surface area (Å²) in [6.45, 7) is 1.44. The highest BCUT2D eigenvalue weighted by atomic mass is 16.5. The number of carbonyl (C=O) groups excluding carboxylic acids is 2. The van der Waals surface area contributed by atoms with Crippen LogP contribution in [-0.4, -0.2) is 72.4 Å². The van der Waals surface area contributed by atoms with Gasteiger partial charge in [0.25, 0.3) is 17.4 Å².